The predicted octanol–water partition coefficient (Wildman–Crippen LogP) is 4.12. The number of halogens is 2. The molecular weight excluding hydrogens is 329 g/mol. The molecule has 4 nitrogen and oxygen atoms in total. The average molecular weight is 348 g/mol. The number of carbonyl (C=O) groups is 2. The Hall–Kier alpha value is -1.27. The summed E-state index contributed by atoms with van der Waals surface area (Å²) in [5, 5.41) is 2.12. The normalized spacial score (nSPS) is 12.1. The van der Waals surface area contributed by atoms with Gasteiger partial charge in [-0.1, -0.05) is 25.4 Å². The summed E-state index contributed by atoms with van der Waals surface area (Å²) in [7, 11) is 0. The summed E-state index contributed by atoms with van der Waals surface area (Å²) in [6, 6.07) is 2.55. The van der Waals surface area contributed by atoms with Gasteiger partial charge in [0.15, 0.2) is 0 Å². The Morgan fingerprint density at radius 3 is 2.55 bits per heavy atom. The van der Waals surface area contributed by atoms with E-state index in [0.29, 0.717) is 4.90 Å². The lowest BCUT2D eigenvalue weighted by atomic mass is 10.1. The number of esters is 1. The molecule has 0 radical (unpaired) electrons. The second-order valence-electron chi connectivity index (χ2n) is 4.98. The summed E-state index contributed by atoms with van der Waals surface area (Å²) >= 11 is 7.24. The Kier molecular flexibility index (Phi) is 7.16. The van der Waals surface area contributed by atoms with Crippen molar-refractivity contribution in [3.63, 3.8) is 0 Å². The number of thioether (sulfide) groups is 1. The third-order valence-corrected chi connectivity index (χ3v) is 4.72. The van der Waals surface area contributed by atoms with Gasteiger partial charge in [-0.3, -0.25) is 9.59 Å². The van der Waals surface area contributed by atoms with Crippen LogP contribution in [0.5, 0.6) is 0 Å². The number of anilines is 1. The Morgan fingerprint density at radius 1 is 1.41 bits per heavy atom. The van der Waals surface area contributed by atoms with Gasteiger partial charge in [0, 0.05) is 11.8 Å². The van der Waals surface area contributed by atoms with E-state index >= 15 is 0 Å². The molecule has 1 amide bonds. The van der Waals surface area contributed by atoms with Crippen LogP contribution in [0.4, 0.5) is 10.1 Å². The molecule has 0 heterocycles. The van der Waals surface area contributed by atoms with E-state index in [9.17, 15) is 14.0 Å². The van der Waals surface area contributed by atoms with Crippen LogP contribution in [-0.2, 0) is 14.3 Å². The number of rotatable bonds is 6. The quantitative estimate of drug-likeness (QED) is 0.621. The first-order valence-electron chi connectivity index (χ1n) is 6.86. The van der Waals surface area contributed by atoms with Gasteiger partial charge in [-0.15, -0.1) is 11.8 Å². The van der Waals surface area contributed by atoms with E-state index in [-0.39, 0.29) is 35.1 Å². The lowest BCUT2D eigenvalue weighted by molar-refractivity contribution is -0.143. The van der Waals surface area contributed by atoms with Gasteiger partial charge in [0.25, 0.3) is 0 Å². The summed E-state index contributed by atoms with van der Waals surface area (Å²) in [5.41, 5.74) is 0.0331. The SMILES string of the molecule is CCOC(=O)C(Sc1cc(NC(C)=O)c(F)cc1Cl)C(C)C. The molecule has 0 aliphatic rings. The molecule has 1 rings (SSSR count). The fourth-order valence-corrected chi connectivity index (χ4v) is 3.07. The Bertz CT molecular complexity index is 566. The van der Waals surface area contributed by atoms with Gasteiger partial charge in [-0.25, -0.2) is 4.39 Å². The van der Waals surface area contributed by atoms with Crippen LogP contribution >= 0.6 is 23.4 Å². The van der Waals surface area contributed by atoms with Crippen LogP contribution in [0, 0.1) is 11.7 Å². The average Bonchev–Trinajstić information content (AvgIpc) is 2.39. The van der Waals surface area contributed by atoms with Crippen molar-refractivity contribution in [1.29, 1.82) is 0 Å². The maximum atomic E-state index is 13.8. The zero-order valence-electron chi connectivity index (χ0n) is 12.9. The van der Waals surface area contributed by atoms with Crippen LogP contribution in [0.3, 0.4) is 0 Å². The summed E-state index contributed by atoms with van der Waals surface area (Å²) < 4.78 is 18.8. The minimum atomic E-state index is -0.623. The van der Waals surface area contributed by atoms with E-state index < -0.39 is 11.1 Å². The molecule has 0 bridgehead atoms. The van der Waals surface area contributed by atoms with Crippen molar-refractivity contribution in [1.82, 2.24) is 0 Å². The van der Waals surface area contributed by atoms with Crippen molar-refractivity contribution in [2.45, 2.75) is 37.8 Å². The Morgan fingerprint density at radius 2 is 2.05 bits per heavy atom. The molecule has 0 saturated carbocycles. The first-order valence-corrected chi connectivity index (χ1v) is 8.11. The standard InChI is InChI=1S/C15H19ClFNO3S/c1-5-21-15(20)14(8(2)3)22-13-7-12(18-9(4)19)11(17)6-10(13)16/h6-8,14H,5H2,1-4H3,(H,18,19). The summed E-state index contributed by atoms with van der Waals surface area (Å²) in [5.74, 6) is -1.34. The topological polar surface area (TPSA) is 55.4 Å². The fraction of sp³-hybridized carbons (Fsp3) is 0.467. The van der Waals surface area contributed by atoms with Crippen molar-refractivity contribution in [3.8, 4) is 0 Å². The molecule has 0 aliphatic heterocycles. The zero-order valence-corrected chi connectivity index (χ0v) is 14.5. The van der Waals surface area contributed by atoms with Gasteiger partial charge in [0.05, 0.1) is 17.3 Å². The molecule has 22 heavy (non-hydrogen) atoms. The number of amides is 1. The van der Waals surface area contributed by atoms with Crippen LogP contribution < -0.4 is 5.32 Å². The van der Waals surface area contributed by atoms with E-state index in [1.807, 2.05) is 13.8 Å². The van der Waals surface area contributed by atoms with Gasteiger partial charge in [-0.05, 0) is 25.0 Å². The lowest BCUT2D eigenvalue weighted by Gasteiger charge is -2.19. The van der Waals surface area contributed by atoms with Crippen molar-refractivity contribution < 1.29 is 18.7 Å². The lowest BCUT2D eigenvalue weighted by Crippen LogP contribution is -2.25. The third-order valence-electron chi connectivity index (χ3n) is 2.71. The van der Waals surface area contributed by atoms with Crippen molar-refractivity contribution in [3.05, 3.63) is 23.0 Å². The summed E-state index contributed by atoms with van der Waals surface area (Å²) in [6.07, 6.45) is 0. The molecule has 0 fully saturated rings. The molecule has 1 aromatic rings. The highest BCUT2D eigenvalue weighted by atomic mass is 35.5. The van der Waals surface area contributed by atoms with Crippen molar-refractivity contribution >= 4 is 40.9 Å². The highest BCUT2D eigenvalue weighted by Crippen LogP contribution is 2.37. The van der Waals surface area contributed by atoms with Gasteiger partial charge < -0.3 is 10.1 Å². The summed E-state index contributed by atoms with van der Waals surface area (Å²) in [6.45, 7) is 7.09. The van der Waals surface area contributed by atoms with Crippen LogP contribution in [0.2, 0.25) is 5.02 Å². The number of benzene rings is 1. The number of ether oxygens (including phenoxy) is 1. The molecular formula is C15H19ClFNO3S. The monoisotopic (exact) mass is 347 g/mol. The molecule has 1 unspecified atom stereocenters. The van der Waals surface area contributed by atoms with E-state index in [1.165, 1.54) is 24.8 Å². The second kappa shape index (κ2) is 8.39. The van der Waals surface area contributed by atoms with Gasteiger partial charge in [-0.2, -0.15) is 0 Å². The van der Waals surface area contributed by atoms with Gasteiger partial charge >= 0.3 is 5.97 Å². The number of nitrogens with one attached hydrogen (secondary N) is 1. The van der Waals surface area contributed by atoms with E-state index in [4.69, 9.17) is 16.3 Å². The number of carbonyl (C=O) groups excluding carboxylic acids is 2. The summed E-state index contributed by atoms with van der Waals surface area (Å²) in [4.78, 5) is 23.6. The second-order valence-corrected chi connectivity index (χ2v) is 6.57. The van der Waals surface area contributed by atoms with E-state index in [1.54, 1.807) is 6.92 Å². The Labute approximate surface area is 138 Å². The zero-order chi connectivity index (χ0) is 16.9. The smallest absolute Gasteiger partial charge is 0.319 e. The predicted molar refractivity (Wildman–Crippen MR) is 86.8 cm³/mol. The molecule has 0 aliphatic carbocycles. The first kappa shape index (κ1) is 18.8. The minimum absolute atomic E-state index is 0.00869. The molecule has 0 aromatic heterocycles. The van der Waals surface area contributed by atoms with Crippen LogP contribution in [0.1, 0.15) is 27.7 Å². The van der Waals surface area contributed by atoms with Gasteiger partial charge in [0.2, 0.25) is 5.91 Å². The van der Waals surface area contributed by atoms with Crippen LogP contribution in [0.15, 0.2) is 17.0 Å². The Balaban J connectivity index is 3.08. The minimum Gasteiger partial charge on any atom is -0.465 e. The van der Waals surface area contributed by atoms with Crippen molar-refractivity contribution in [2.75, 3.05) is 11.9 Å². The van der Waals surface area contributed by atoms with Crippen molar-refractivity contribution in [2.24, 2.45) is 5.92 Å². The number of hydrogen-bond donors (Lipinski definition) is 1. The highest BCUT2D eigenvalue weighted by Gasteiger charge is 2.26. The van der Waals surface area contributed by atoms with E-state index in [0.717, 1.165) is 6.07 Å². The maximum Gasteiger partial charge on any atom is 0.319 e. The maximum absolute atomic E-state index is 13.8. The molecule has 1 atom stereocenters. The molecule has 0 spiro atoms. The van der Waals surface area contributed by atoms with E-state index in [2.05, 4.69) is 5.32 Å². The highest BCUT2D eigenvalue weighted by molar-refractivity contribution is 8.00. The fourth-order valence-electron chi connectivity index (χ4n) is 1.72. The third kappa shape index (κ3) is 5.18. The van der Waals surface area contributed by atoms with Crippen LogP contribution in [-0.4, -0.2) is 23.7 Å². The molecule has 0 saturated heterocycles. The van der Waals surface area contributed by atoms with Crippen LogP contribution in [0.25, 0.3) is 0 Å². The largest absolute Gasteiger partial charge is 0.465 e. The molecule has 1 N–H and O–H groups in total. The number of hydrogen-bond acceptors (Lipinski definition) is 4. The van der Waals surface area contributed by atoms with Gasteiger partial charge in [0.1, 0.15) is 11.1 Å². The molecule has 7 heteroatoms. The molecule has 122 valence electrons. The first-order chi connectivity index (χ1) is 10.3. The molecule has 1 aromatic carbocycles.